The summed E-state index contributed by atoms with van der Waals surface area (Å²) in [7, 11) is 0. The second-order valence-corrected chi connectivity index (χ2v) is 4.92. The molecule has 0 atom stereocenters. The van der Waals surface area contributed by atoms with Crippen molar-refractivity contribution in [2.45, 2.75) is 24.1 Å². The van der Waals surface area contributed by atoms with Crippen LogP contribution in [0.5, 0.6) is 0 Å². The van der Waals surface area contributed by atoms with Crippen molar-refractivity contribution < 1.29 is 0 Å². The van der Waals surface area contributed by atoms with Crippen molar-refractivity contribution in [3.63, 3.8) is 0 Å². The molecule has 0 bridgehead atoms. The molecule has 0 amide bonds. The third-order valence-electron chi connectivity index (χ3n) is 2.34. The molecule has 1 aromatic carbocycles. The maximum absolute atomic E-state index is 5.90. The monoisotopic (exact) mass is 242 g/mol. The number of hydrogen-bond donors (Lipinski definition) is 1. The van der Waals surface area contributed by atoms with E-state index >= 15 is 0 Å². The van der Waals surface area contributed by atoms with Crippen LogP contribution in [-0.2, 0) is 12.3 Å². The molecule has 0 aliphatic rings. The van der Waals surface area contributed by atoms with Gasteiger partial charge in [-0.1, -0.05) is 6.92 Å². The molecule has 1 aromatic heterocycles. The molecule has 2 rings (SSSR count). The van der Waals surface area contributed by atoms with Crippen molar-refractivity contribution in [1.82, 2.24) is 0 Å². The van der Waals surface area contributed by atoms with E-state index in [0.29, 0.717) is 5.88 Å². The van der Waals surface area contributed by atoms with E-state index in [4.69, 9.17) is 11.6 Å². The summed E-state index contributed by atoms with van der Waals surface area (Å²) in [5, 5.41) is 3.48. The Balaban J connectivity index is 2.78. The second-order valence-electron chi connectivity index (χ2n) is 3.23. The molecule has 0 saturated carbocycles. The standard InChI is InChI=1S/C11H11ClS2/c1-2-7-3-9(13)4-10-11(7)8(5-12)6-14-10/h3-4,6,13H,2,5H2,1H3. The van der Waals surface area contributed by atoms with Crippen LogP contribution in [0.2, 0.25) is 0 Å². The minimum absolute atomic E-state index is 0.596. The molecule has 1 heterocycles. The van der Waals surface area contributed by atoms with Gasteiger partial charge in [0.1, 0.15) is 0 Å². The lowest BCUT2D eigenvalue weighted by atomic mass is 10.1. The van der Waals surface area contributed by atoms with Crippen molar-refractivity contribution in [3.05, 3.63) is 28.6 Å². The summed E-state index contributed by atoms with van der Waals surface area (Å²) >= 11 is 12.0. The van der Waals surface area contributed by atoms with Crippen LogP contribution in [0.15, 0.2) is 22.4 Å². The van der Waals surface area contributed by atoms with Crippen molar-refractivity contribution in [1.29, 1.82) is 0 Å². The highest BCUT2D eigenvalue weighted by Crippen LogP contribution is 2.32. The number of alkyl halides is 1. The van der Waals surface area contributed by atoms with Gasteiger partial charge in [-0.25, -0.2) is 0 Å². The molecule has 0 N–H and O–H groups in total. The van der Waals surface area contributed by atoms with E-state index in [0.717, 1.165) is 11.3 Å². The Morgan fingerprint density at radius 3 is 2.79 bits per heavy atom. The van der Waals surface area contributed by atoms with Gasteiger partial charge in [-0.2, -0.15) is 0 Å². The predicted octanol–water partition coefficient (Wildman–Crippen LogP) is 4.49. The van der Waals surface area contributed by atoms with Gasteiger partial charge in [-0.3, -0.25) is 0 Å². The molecule has 0 unspecified atom stereocenters. The van der Waals surface area contributed by atoms with Gasteiger partial charge in [0.2, 0.25) is 0 Å². The van der Waals surface area contributed by atoms with Crippen molar-refractivity contribution in [2.75, 3.05) is 0 Å². The van der Waals surface area contributed by atoms with Crippen molar-refractivity contribution in [2.24, 2.45) is 0 Å². The molecule has 0 fully saturated rings. The molecule has 0 radical (unpaired) electrons. The highest BCUT2D eigenvalue weighted by Gasteiger charge is 2.08. The lowest BCUT2D eigenvalue weighted by Gasteiger charge is -2.03. The maximum atomic E-state index is 5.90. The first-order valence-electron chi connectivity index (χ1n) is 4.54. The number of halogens is 1. The average Bonchev–Trinajstić information content (AvgIpc) is 2.59. The first kappa shape index (κ1) is 10.3. The molecular weight excluding hydrogens is 232 g/mol. The fourth-order valence-electron chi connectivity index (χ4n) is 1.69. The molecule has 0 spiro atoms. The third-order valence-corrected chi connectivity index (χ3v) is 3.87. The number of benzene rings is 1. The fraction of sp³-hybridized carbons (Fsp3) is 0.273. The molecule has 74 valence electrons. The van der Waals surface area contributed by atoms with Crippen LogP contribution in [0, 0.1) is 0 Å². The van der Waals surface area contributed by atoms with Crippen LogP contribution < -0.4 is 0 Å². The lowest BCUT2D eigenvalue weighted by Crippen LogP contribution is -1.84. The summed E-state index contributed by atoms with van der Waals surface area (Å²) in [4.78, 5) is 1.04. The normalized spacial score (nSPS) is 11.1. The summed E-state index contributed by atoms with van der Waals surface area (Å²) in [6.07, 6.45) is 1.03. The molecule has 0 saturated heterocycles. The zero-order valence-corrected chi connectivity index (χ0v) is 10.3. The third kappa shape index (κ3) is 1.67. The SMILES string of the molecule is CCc1cc(S)cc2scc(CCl)c12. The summed E-state index contributed by atoms with van der Waals surface area (Å²) in [6.45, 7) is 2.16. The van der Waals surface area contributed by atoms with Gasteiger partial charge in [0, 0.05) is 20.9 Å². The summed E-state index contributed by atoms with van der Waals surface area (Å²) in [6, 6.07) is 4.24. The van der Waals surface area contributed by atoms with Crippen LogP contribution in [0.25, 0.3) is 10.1 Å². The molecule has 14 heavy (non-hydrogen) atoms. The quantitative estimate of drug-likeness (QED) is 0.582. The van der Waals surface area contributed by atoms with Gasteiger partial charge in [0.15, 0.2) is 0 Å². The zero-order chi connectivity index (χ0) is 10.1. The van der Waals surface area contributed by atoms with E-state index in [1.807, 2.05) is 0 Å². The van der Waals surface area contributed by atoms with Crippen LogP contribution in [0.4, 0.5) is 0 Å². The smallest absolute Gasteiger partial charge is 0.0488 e. The van der Waals surface area contributed by atoms with Gasteiger partial charge in [0.25, 0.3) is 0 Å². The number of aryl methyl sites for hydroxylation is 1. The number of rotatable bonds is 2. The molecule has 0 aliphatic heterocycles. The summed E-state index contributed by atoms with van der Waals surface area (Å²) in [5.41, 5.74) is 2.60. The van der Waals surface area contributed by atoms with Crippen LogP contribution in [0.1, 0.15) is 18.1 Å². The fourth-order valence-corrected chi connectivity index (χ4v) is 3.41. The van der Waals surface area contributed by atoms with E-state index in [2.05, 4.69) is 37.1 Å². The van der Waals surface area contributed by atoms with E-state index in [1.54, 1.807) is 11.3 Å². The Morgan fingerprint density at radius 2 is 2.14 bits per heavy atom. The number of fused-ring (bicyclic) bond motifs is 1. The van der Waals surface area contributed by atoms with Gasteiger partial charge >= 0.3 is 0 Å². The number of thiophene rings is 1. The van der Waals surface area contributed by atoms with Gasteiger partial charge in [-0.15, -0.1) is 35.6 Å². The highest BCUT2D eigenvalue weighted by atomic mass is 35.5. The Bertz CT molecular complexity index is 460. The molecule has 2 aromatic rings. The van der Waals surface area contributed by atoms with E-state index in [1.165, 1.54) is 21.2 Å². The van der Waals surface area contributed by atoms with Gasteiger partial charge in [0.05, 0.1) is 0 Å². The number of hydrogen-bond acceptors (Lipinski definition) is 2. The van der Waals surface area contributed by atoms with Crippen LogP contribution in [0.3, 0.4) is 0 Å². The minimum atomic E-state index is 0.596. The molecule has 0 aliphatic carbocycles. The van der Waals surface area contributed by atoms with Crippen LogP contribution in [-0.4, -0.2) is 0 Å². The first-order valence-corrected chi connectivity index (χ1v) is 6.40. The van der Waals surface area contributed by atoms with E-state index < -0.39 is 0 Å². The Kier molecular flexibility index (Phi) is 3.05. The van der Waals surface area contributed by atoms with Crippen LogP contribution >= 0.6 is 35.6 Å². The lowest BCUT2D eigenvalue weighted by molar-refractivity contribution is 1.14. The van der Waals surface area contributed by atoms with Crippen molar-refractivity contribution in [3.8, 4) is 0 Å². The summed E-state index contributed by atoms with van der Waals surface area (Å²) in [5.74, 6) is 0.596. The topological polar surface area (TPSA) is 0 Å². The highest BCUT2D eigenvalue weighted by molar-refractivity contribution is 7.80. The largest absolute Gasteiger partial charge is 0.143 e. The first-order chi connectivity index (χ1) is 6.76. The van der Waals surface area contributed by atoms with Crippen molar-refractivity contribution >= 4 is 45.7 Å². The Morgan fingerprint density at radius 1 is 1.36 bits per heavy atom. The Hall–Kier alpha value is -0.180. The minimum Gasteiger partial charge on any atom is -0.143 e. The molecular formula is C11H11ClS2. The molecule has 3 heteroatoms. The molecule has 0 nitrogen and oxygen atoms in total. The number of thiol groups is 1. The van der Waals surface area contributed by atoms with Gasteiger partial charge < -0.3 is 0 Å². The Labute approximate surface area is 98.3 Å². The van der Waals surface area contributed by atoms with E-state index in [-0.39, 0.29) is 0 Å². The van der Waals surface area contributed by atoms with Gasteiger partial charge in [-0.05, 0) is 35.1 Å². The summed E-state index contributed by atoms with van der Waals surface area (Å²) < 4.78 is 1.30. The maximum Gasteiger partial charge on any atom is 0.0488 e. The average molecular weight is 243 g/mol. The zero-order valence-electron chi connectivity index (χ0n) is 7.88. The second kappa shape index (κ2) is 4.13. The van der Waals surface area contributed by atoms with E-state index in [9.17, 15) is 0 Å². The predicted molar refractivity (Wildman–Crippen MR) is 68.0 cm³/mol.